The zero-order valence-corrected chi connectivity index (χ0v) is 13.0. The van der Waals surface area contributed by atoms with E-state index in [1.165, 1.54) is 16.5 Å². The third kappa shape index (κ3) is 3.85. The van der Waals surface area contributed by atoms with Crippen LogP contribution in [-0.2, 0) is 18.4 Å². The minimum Gasteiger partial charge on any atom is -0.481 e. The molecule has 4 nitrogen and oxygen atoms in total. The van der Waals surface area contributed by atoms with Crippen LogP contribution >= 0.6 is 0 Å². The number of benzene rings is 1. The van der Waals surface area contributed by atoms with E-state index in [9.17, 15) is 4.79 Å². The van der Waals surface area contributed by atoms with E-state index < -0.39 is 5.97 Å². The number of para-hydroxylation sites is 1. The van der Waals surface area contributed by atoms with E-state index in [0.717, 1.165) is 13.1 Å². The van der Waals surface area contributed by atoms with E-state index in [0.29, 0.717) is 12.5 Å². The predicted octanol–water partition coefficient (Wildman–Crippen LogP) is 3.25. The summed E-state index contributed by atoms with van der Waals surface area (Å²) in [7, 11) is 2.07. The molecule has 114 valence electrons. The molecule has 0 spiro atoms. The van der Waals surface area contributed by atoms with Crippen molar-refractivity contribution in [1.29, 1.82) is 0 Å². The molecular formula is C17H24N2O2. The van der Waals surface area contributed by atoms with E-state index in [-0.39, 0.29) is 6.42 Å². The van der Waals surface area contributed by atoms with Gasteiger partial charge in [0.05, 0.1) is 0 Å². The number of nitrogens with zero attached hydrogens (tertiary/aromatic N) is 2. The Hall–Kier alpha value is -1.81. The number of carboxylic acids is 1. The average Bonchev–Trinajstić information content (AvgIpc) is 2.74. The number of aryl methyl sites for hydroxylation is 1. The molecule has 0 bridgehead atoms. The molecule has 0 aliphatic carbocycles. The van der Waals surface area contributed by atoms with Gasteiger partial charge >= 0.3 is 5.97 Å². The number of hydrogen-bond acceptors (Lipinski definition) is 2. The fraction of sp³-hybridized carbons (Fsp3) is 0.471. The highest BCUT2D eigenvalue weighted by atomic mass is 16.4. The number of carbonyl (C=O) groups is 1. The molecule has 0 radical (unpaired) electrons. The summed E-state index contributed by atoms with van der Waals surface area (Å²) < 4.78 is 2.15. The van der Waals surface area contributed by atoms with Crippen LogP contribution in [0.5, 0.6) is 0 Å². The van der Waals surface area contributed by atoms with Gasteiger partial charge in [-0.3, -0.25) is 9.69 Å². The van der Waals surface area contributed by atoms with E-state index >= 15 is 0 Å². The molecule has 0 atom stereocenters. The van der Waals surface area contributed by atoms with Gasteiger partial charge in [0.2, 0.25) is 0 Å². The molecule has 21 heavy (non-hydrogen) atoms. The number of aliphatic carboxylic acids is 1. The van der Waals surface area contributed by atoms with Crippen molar-refractivity contribution in [1.82, 2.24) is 9.47 Å². The van der Waals surface area contributed by atoms with Crippen molar-refractivity contribution in [3.8, 4) is 0 Å². The molecule has 0 amide bonds. The average molecular weight is 288 g/mol. The monoisotopic (exact) mass is 288 g/mol. The lowest BCUT2D eigenvalue weighted by atomic mass is 10.1. The zero-order valence-electron chi connectivity index (χ0n) is 13.0. The summed E-state index contributed by atoms with van der Waals surface area (Å²) in [6.45, 7) is 5.99. The van der Waals surface area contributed by atoms with E-state index in [2.05, 4.69) is 60.8 Å². The van der Waals surface area contributed by atoms with Gasteiger partial charge in [-0.1, -0.05) is 18.2 Å². The van der Waals surface area contributed by atoms with Gasteiger partial charge in [0, 0.05) is 43.2 Å². The quantitative estimate of drug-likeness (QED) is 0.850. The Labute approximate surface area is 126 Å². The largest absolute Gasteiger partial charge is 0.481 e. The summed E-state index contributed by atoms with van der Waals surface area (Å²) in [5, 5.41) is 10.1. The van der Waals surface area contributed by atoms with Crippen molar-refractivity contribution in [2.45, 2.75) is 39.3 Å². The zero-order chi connectivity index (χ0) is 15.4. The maximum Gasteiger partial charge on any atom is 0.303 e. The lowest BCUT2D eigenvalue weighted by Gasteiger charge is -2.26. The van der Waals surface area contributed by atoms with Crippen LogP contribution in [0.1, 0.15) is 32.3 Å². The molecule has 1 aromatic heterocycles. The van der Waals surface area contributed by atoms with Gasteiger partial charge in [0.15, 0.2) is 0 Å². The lowest BCUT2D eigenvalue weighted by molar-refractivity contribution is -0.137. The molecule has 0 fully saturated rings. The van der Waals surface area contributed by atoms with Gasteiger partial charge < -0.3 is 9.67 Å². The molecule has 1 N–H and O–H groups in total. The fourth-order valence-corrected chi connectivity index (χ4v) is 2.72. The Morgan fingerprint density at radius 1 is 1.33 bits per heavy atom. The first kappa shape index (κ1) is 15.6. The first-order valence-electron chi connectivity index (χ1n) is 7.48. The maximum atomic E-state index is 10.7. The SMILES string of the molecule is CC(C)N(CCCC(=O)O)Cc1cn(C)c2ccccc12. The van der Waals surface area contributed by atoms with Gasteiger partial charge in [-0.25, -0.2) is 0 Å². The van der Waals surface area contributed by atoms with Crippen LogP contribution in [0.4, 0.5) is 0 Å². The Bertz CT molecular complexity index is 616. The molecule has 1 aromatic carbocycles. The topological polar surface area (TPSA) is 45.5 Å². The summed E-state index contributed by atoms with van der Waals surface area (Å²) in [5.74, 6) is -0.719. The van der Waals surface area contributed by atoms with Crippen LogP contribution in [-0.4, -0.2) is 33.1 Å². The molecule has 1 heterocycles. The Morgan fingerprint density at radius 3 is 2.71 bits per heavy atom. The molecule has 0 saturated heterocycles. The van der Waals surface area contributed by atoms with Crippen molar-refractivity contribution >= 4 is 16.9 Å². The van der Waals surface area contributed by atoms with Crippen molar-refractivity contribution < 1.29 is 9.90 Å². The third-order valence-corrected chi connectivity index (χ3v) is 3.92. The second kappa shape index (κ2) is 6.76. The highest BCUT2D eigenvalue weighted by Gasteiger charge is 2.14. The fourth-order valence-electron chi connectivity index (χ4n) is 2.72. The molecule has 0 aliphatic rings. The molecule has 0 aliphatic heterocycles. The van der Waals surface area contributed by atoms with Crippen molar-refractivity contribution in [2.75, 3.05) is 6.54 Å². The third-order valence-electron chi connectivity index (χ3n) is 3.92. The van der Waals surface area contributed by atoms with E-state index in [1.54, 1.807) is 0 Å². The van der Waals surface area contributed by atoms with Crippen LogP contribution in [0.2, 0.25) is 0 Å². The van der Waals surface area contributed by atoms with E-state index in [1.807, 2.05) is 0 Å². The van der Waals surface area contributed by atoms with Gasteiger partial charge in [-0.05, 0) is 38.4 Å². The van der Waals surface area contributed by atoms with Crippen molar-refractivity contribution in [3.63, 3.8) is 0 Å². The highest BCUT2D eigenvalue weighted by molar-refractivity contribution is 5.83. The van der Waals surface area contributed by atoms with Crippen LogP contribution in [0.25, 0.3) is 10.9 Å². The van der Waals surface area contributed by atoms with Crippen molar-refractivity contribution in [3.05, 3.63) is 36.0 Å². The van der Waals surface area contributed by atoms with Crippen molar-refractivity contribution in [2.24, 2.45) is 7.05 Å². The highest BCUT2D eigenvalue weighted by Crippen LogP contribution is 2.22. The van der Waals surface area contributed by atoms with Gasteiger partial charge in [-0.15, -0.1) is 0 Å². The normalized spacial score (nSPS) is 11.7. The predicted molar refractivity (Wildman–Crippen MR) is 85.3 cm³/mol. The maximum absolute atomic E-state index is 10.7. The van der Waals surface area contributed by atoms with Gasteiger partial charge in [0.1, 0.15) is 0 Å². The molecular weight excluding hydrogens is 264 g/mol. The lowest BCUT2D eigenvalue weighted by Crippen LogP contribution is -2.31. The van der Waals surface area contributed by atoms with E-state index in [4.69, 9.17) is 5.11 Å². The second-order valence-corrected chi connectivity index (χ2v) is 5.84. The smallest absolute Gasteiger partial charge is 0.303 e. The summed E-state index contributed by atoms with van der Waals surface area (Å²) in [6, 6.07) is 8.80. The number of carboxylic acid groups (broad SMARTS) is 1. The minimum absolute atomic E-state index is 0.235. The minimum atomic E-state index is -0.719. The number of fused-ring (bicyclic) bond motifs is 1. The molecule has 4 heteroatoms. The molecule has 2 rings (SSSR count). The standard InChI is InChI=1S/C17H24N2O2/c1-13(2)19(10-6-9-17(20)21)12-14-11-18(3)16-8-5-4-7-15(14)16/h4-5,7-8,11,13H,6,9-10,12H2,1-3H3,(H,20,21). The summed E-state index contributed by atoms with van der Waals surface area (Å²) >= 11 is 0. The van der Waals surface area contributed by atoms with Crippen LogP contribution < -0.4 is 0 Å². The summed E-state index contributed by atoms with van der Waals surface area (Å²) in [5.41, 5.74) is 2.54. The summed E-state index contributed by atoms with van der Waals surface area (Å²) in [4.78, 5) is 13.0. The Morgan fingerprint density at radius 2 is 2.05 bits per heavy atom. The van der Waals surface area contributed by atoms with Crippen LogP contribution in [0.3, 0.4) is 0 Å². The summed E-state index contributed by atoms with van der Waals surface area (Å²) in [6.07, 6.45) is 3.11. The first-order chi connectivity index (χ1) is 9.99. The van der Waals surface area contributed by atoms with Crippen LogP contribution in [0, 0.1) is 0 Å². The Balaban J connectivity index is 2.13. The Kier molecular flexibility index (Phi) is 5.02. The molecule has 0 saturated carbocycles. The van der Waals surface area contributed by atoms with Gasteiger partial charge in [-0.2, -0.15) is 0 Å². The number of rotatable bonds is 7. The van der Waals surface area contributed by atoms with Crippen LogP contribution in [0.15, 0.2) is 30.5 Å². The number of hydrogen-bond donors (Lipinski definition) is 1. The second-order valence-electron chi connectivity index (χ2n) is 5.84. The first-order valence-corrected chi connectivity index (χ1v) is 7.48. The molecule has 0 unspecified atom stereocenters. The number of aromatic nitrogens is 1. The van der Waals surface area contributed by atoms with Gasteiger partial charge in [0.25, 0.3) is 0 Å². The molecule has 2 aromatic rings.